The van der Waals surface area contributed by atoms with Crippen LogP contribution in [-0.4, -0.2) is 40.3 Å². The van der Waals surface area contributed by atoms with E-state index in [0.29, 0.717) is 19.6 Å². The van der Waals surface area contributed by atoms with Crippen LogP contribution < -0.4 is 9.47 Å². The Kier molecular flexibility index (Phi) is 4.81. The molecule has 2 unspecified atom stereocenters. The molecule has 2 aromatic rings. The summed E-state index contributed by atoms with van der Waals surface area (Å²) in [7, 11) is 0. The number of likely N-dealkylation sites (tertiary alicyclic amines) is 1. The smallest absolute Gasteiger partial charge is 0.225 e. The van der Waals surface area contributed by atoms with Crippen LogP contribution in [0.5, 0.6) is 11.5 Å². The number of hydrogen-bond acceptors (Lipinski definition) is 4. The van der Waals surface area contributed by atoms with E-state index < -0.39 is 0 Å². The fourth-order valence-corrected chi connectivity index (χ4v) is 4.30. The summed E-state index contributed by atoms with van der Waals surface area (Å²) in [6.45, 7) is 7.99. The number of fused-ring (bicyclic) bond motifs is 1. The Morgan fingerprint density at radius 1 is 1.30 bits per heavy atom. The van der Waals surface area contributed by atoms with E-state index in [9.17, 15) is 4.79 Å². The highest BCUT2D eigenvalue weighted by Gasteiger charge is 2.34. The zero-order valence-electron chi connectivity index (χ0n) is 16.3. The molecule has 0 radical (unpaired) electrons. The minimum atomic E-state index is 0.0386. The molecule has 27 heavy (non-hydrogen) atoms. The van der Waals surface area contributed by atoms with Gasteiger partial charge in [0.2, 0.25) is 5.91 Å². The summed E-state index contributed by atoms with van der Waals surface area (Å²) in [5.41, 5.74) is 3.14. The Morgan fingerprint density at radius 3 is 2.89 bits per heavy atom. The van der Waals surface area contributed by atoms with Gasteiger partial charge in [-0.15, -0.1) is 0 Å². The second-order valence-corrected chi connectivity index (χ2v) is 7.54. The number of amides is 1. The van der Waals surface area contributed by atoms with Gasteiger partial charge < -0.3 is 14.4 Å². The first kappa shape index (κ1) is 17.9. The lowest BCUT2D eigenvalue weighted by molar-refractivity contribution is -0.133. The molecule has 4 rings (SSSR count). The number of aromatic nitrogens is 2. The number of hydrogen-bond donors (Lipinski definition) is 0. The van der Waals surface area contributed by atoms with Crippen molar-refractivity contribution < 1.29 is 14.3 Å². The van der Waals surface area contributed by atoms with Gasteiger partial charge in [0.15, 0.2) is 11.5 Å². The fraction of sp³-hybridized carbons (Fsp3) is 0.524. The number of aryl methyl sites for hydroxylation is 2. The standard InChI is InChI=1S/C21H27N3O3/c1-14-12-15(2)24(22-14)16(3)13-20(25)23-9-5-7-18(23)17-6-4-8-19-21(17)27-11-10-26-19/h4,6,8,12,16,18H,5,7,9-11,13H2,1-3H3. The van der Waals surface area contributed by atoms with Crippen LogP contribution in [0.25, 0.3) is 0 Å². The Bertz CT molecular complexity index is 845. The van der Waals surface area contributed by atoms with E-state index in [1.807, 2.05) is 41.6 Å². The van der Waals surface area contributed by atoms with Gasteiger partial charge in [0.1, 0.15) is 13.2 Å². The van der Waals surface area contributed by atoms with Crippen molar-refractivity contribution in [2.75, 3.05) is 19.8 Å². The maximum atomic E-state index is 13.1. The van der Waals surface area contributed by atoms with Crippen molar-refractivity contribution in [1.29, 1.82) is 0 Å². The lowest BCUT2D eigenvalue weighted by Gasteiger charge is -2.29. The quantitative estimate of drug-likeness (QED) is 0.826. The lowest BCUT2D eigenvalue weighted by Crippen LogP contribution is -2.32. The van der Waals surface area contributed by atoms with Crippen molar-refractivity contribution in [2.45, 2.75) is 52.1 Å². The molecule has 0 aliphatic carbocycles. The summed E-state index contributed by atoms with van der Waals surface area (Å²) in [6.07, 6.45) is 2.42. The molecule has 0 spiro atoms. The number of rotatable bonds is 4. The maximum absolute atomic E-state index is 13.1. The molecule has 1 aromatic heterocycles. The zero-order chi connectivity index (χ0) is 19.0. The molecule has 1 saturated heterocycles. The van der Waals surface area contributed by atoms with Crippen LogP contribution in [0.15, 0.2) is 24.3 Å². The van der Waals surface area contributed by atoms with Gasteiger partial charge in [0.05, 0.1) is 17.8 Å². The van der Waals surface area contributed by atoms with Crippen LogP contribution in [0.1, 0.15) is 55.2 Å². The number of carbonyl (C=O) groups excluding carboxylic acids is 1. The van der Waals surface area contributed by atoms with Crippen LogP contribution in [-0.2, 0) is 4.79 Å². The summed E-state index contributed by atoms with van der Waals surface area (Å²) in [5, 5.41) is 4.53. The first-order chi connectivity index (χ1) is 13.0. The summed E-state index contributed by atoms with van der Waals surface area (Å²) in [5.74, 6) is 1.76. The minimum Gasteiger partial charge on any atom is -0.486 e. The second-order valence-electron chi connectivity index (χ2n) is 7.54. The number of benzene rings is 1. The molecule has 1 amide bonds. The molecule has 0 saturated carbocycles. The Morgan fingerprint density at radius 2 is 2.11 bits per heavy atom. The third-order valence-corrected chi connectivity index (χ3v) is 5.46. The third kappa shape index (κ3) is 3.40. The van der Waals surface area contributed by atoms with E-state index in [4.69, 9.17) is 9.47 Å². The van der Waals surface area contributed by atoms with Crippen LogP contribution in [0.2, 0.25) is 0 Å². The van der Waals surface area contributed by atoms with Crippen molar-refractivity contribution in [3.63, 3.8) is 0 Å². The van der Waals surface area contributed by atoms with Gasteiger partial charge in [-0.25, -0.2) is 0 Å². The Balaban J connectivity index is 1.53. The molecule has 2 aliphatic heterocycles. The largest absolute Gasteiger partial charge is 0.486 e. The van der Waals surface area contributed by atoms with E-state index in [1.165, 1.54) is 0 Å². The summed E-state index contributed by atoms with van der Waals surface area (Å²) in [6, 6.07) is 8.13. The van der Waals surface area contributed by atoms with E-state index in [2.05, 4.69) is 18.1 Å². The third-order valence-electron chi connectivity index (χ3n) is 5.46. The van der Waals surface area contributed by atoms with Gasteiger partial charge in [-0.1, -0.05) is 12.1 Å². The molecular formula is C21H27N3O3. The fourth-order valence-electron chi connectivity index (χ4n) is 4.30. The highest BCUT2D eigenvalue weighted by Crippen LogP contribution is 2.43. The van der Waals surface area contributed by atoms with Crippen molar-refractivity contribution in [3.8, 4) is 11.5 Å². The van der Waals surface area contributed by atoms with Crippen molar-refractivity contribution >= 4 is 5.91 Å². The number of ether oxygens (including phenoxy) is 2. The van der Waals surface area contributed by atoms with E-state index in [-0.39, 0.29) is 18.0 Å². The SMILES string of the molecule is Cc1cc(C)n(C(C)CC(=O)N2CCCC2c2cccc3c2OCCO3)n1. The molecular weight excluding hydrogens is 342 g/mol. The summed E-state index contributed by atoms with van der Waals surface area (Å²) < 4.78 is 13.6. The van der Waals surface area contributed by atoms with Gasteiger partial charge in [-0.2, -0.15) is 5.10 Å². The molecule has 1 fully saturated rings. The molecule has 0 N–H and O–H groups in total. The molecule has 1 aromatic carbocycles. The normalized spacial score (nSPS) is 20.0. The highest BCUT2D eigenvalue weighted by atomic mass is 16.6. The van der Waals surface area contributed by atoms with Gasteiger partial charge in [-0.05, 0) is 45.7 Å². The van der Waals surface area contributed by atoms with Crippen molar-refractivity contribution in [3.05, 3.63) is 41.2 Å². The monoisotopic (exact) mass is 369 g/mol. The first-order valence-corrected chi connectivity index (χ1v) is 9.75. The molecule has 2 aliphatic rings. The maximum Gasteiger partial charge on any atom is 0.225 e. The van der Waals surface area contributed by atoms with Crippen LogP contribution in [0.3, 0.4) is 0 Å². The van der Waals surface area contributed by atoms with E-state index in [1.54, 1.807) is 0 Å². The summed E-state index contributed by atoms with van der Waals surface area (Å²) >= 11 is 0. The number of para-hydroxylation sites is 1. The molecule has 0 bridgehead atoms. The average Bonchev–Trinajstić information content (AvgIpc) is 3.27. The van der Waals surface area contributed by atoms with Gasteiger partial charge in [-0.3, -0.25) is 9.48 Å². The van der Waals surface area contributed by atoms with Gasteiger partial charge in [0.25, 0.3) is 0 Å². The number of nitrogens with zero attached hydrogens (tertiary/aromatic N) is 3. The van der Waals surface area contributed by atoms with E-state index >= 15 is 0 Å². The van der Waals surface area contributed by atoms with Crippen molar-refractivity contribution in [2.24, 2.45) is 0 Å². The number of carbonyl (C=O) groups is 1. The van der Waals surface area contributed by atoms with Crippen molar-refractivity contribution in [1.82, 2.24) is 14.7 Å². The van der Waals surface area contributed by atoms with Gasteiger partial charge in [0, 0.05) is 24.2 Å². The molecule has 6 heteroatoms. The topological polar surface area (TPSA) is 56.6 Å². The second kappa shape index (κ2) is 7.25. The zero-order valence-corrected chi connectivity index (χ0v) is 16.3. The van der Waals surface area contributed by atoms with Crippen LogP contribution in [0.4, 0.5) is 0 Å². The first-order valence-electron chi connectivity index (χ1n) is 9.75. The molecule has 2 atom stereocenters. The van der Waals surface area contributed by atoms with E-state index in [0.717, 1.165) is 47.8 Å². The van der Waals surface area contributed by atoms with Crippen LogP contribution >= 0.6 is 0 Å². The predicted molar refractivity (Wildman–Crippen MR) is 102 cm³/mol. The Hall–Kier alpha value is -2.50. The minimum absolute atomic E-state index is 0.0386. The highest BCUT2D eigenvalue weighted by molar-refractivity contribution is 5.77. The lowest BCUT2D eigenvalue weighted by atomic mass is 10.0. The molecule has 6 nitrogen and oxygen atoms in total. The predicted octanol–water partition coefficient (Wildman–Crippen LogP) is 3.59. The molecule has 3 heterocycles. The van der Waals surface area contributed by atoms with Gasteiger partial charge >= 0.3 is 0 Å². The van der Waals surface area contributed by atoms with Crippen LogP contribution in [0, 0.1) is 13.8 Å². The molecule has 144 valence electrons. The summed E-state index contributed by atoms with van der Waals surface area (Å²) in [4.78, 5) is 15.1. The Labute approximate surface area is 160 Å². The average molecular weight is 369 g/mol.